The normalized spacial score (nSPS) is 14.9. The first kappa shape index (κ1) is 22.0. The zero-order chi connectivity index (χ0) is 22.7. The summed E-state index contributed by atoms with van der Waals surface area (Å²) in [5, 5.41) is 23.1. The molecule has 3 aromatic heterocycles. The number of rotatable bonds is 10. The minimum absolute atomic E-state index is 0.283. The predicted octanol–water partition coefficient (Wildman–Crippen LogP) is 3.52. The van der Waals surface area contributed by atoms with E-state index in [0.29, 0.717) is 17.1 Å². The molecule has 1 atom stereocenters. The maximum absolute atomic E-state index is 14.1. The number of hydrogen-bond donors (Lipinski definition) is 4. The number of nitrogens with one attached hydrogen (secondary N) is 3. The zero-order valence-electron chi connectivity index (χ0n) is 18.3. The Balaban J connectivity index is 1.49. The van der Waals surface area contributed by atoms with Crippen molar-refractivity contribution in [3.05, 3.63) is 48.4 Å². The van der Waals surface area contributed by atoms with Crippen molar-refractivity contribution < 1.29 is 14.3 Å². The van der Waals surface area contributed by atoms with Crippen LogP contribution in [-0.2, 0) is 0 Å². The fraction of sp³-hybridized carbons (Fsp3) is 0.435. The van der Waals surface area contributed by atoms with Crippen molar-refractivity contribution in [1.29, 1.82) is 0 Å². The summed E-state index contributed by atoms with van der Waals surface area (Å²) in [6.07, 6.45) is 7.02. The van der Waals surface area contributed by atoms with Gasteiger partial charge in [0.1, 0.15) is 12.0 Å². The number of halogens is 1. The fourth-order valence-electron chi connectivity index (χ4n) is 3.34. The topological polar surface area (TPSA) is 104 Å². The van der Waals surface area contributed by atoms with E-state index in [1.807, 2.05) is 24.4 Å². The van der Waals surface area contributed by atoms with Crippen LogP contribution in [0.4, 0.5) is 21.6 Å². The molecule has 0 spiro atoms. The van der Waals surface area contributed by atoms with Crippen molar-refractivity contribution in [1.82, 2.24) is 19.9 Å². The van der Waals surface area contributed by atoms with Crippen LogP contribution in [0.2, 0.25) is 0 Å². The summed E-state index contributed by atoms with van der Waals surface area (Å²) in [7, 11) is 0. The van der Waals surface area contributed by atoms with Crippen molar-refractivity contribution in [3.8, 4) is 0 Å². The summed E-state index contributed by atoms with van der Waals surface area (Å²) in [6, 6.07) is 7.53. The number of alkyl halides is 1. The Hall–Kier alpha value is -3.20. The van der Waals surface area contributed by atoms with E-state index in [0.717, 1.165) is 30.1 Å². The maximum Gasteiger partial charge on any atom is 0.255 e. The highest BCUT2D eigenvalue weighted by Crippen LogP contribution is 2.32. The van der Waals surface area contributed by atoms with Crippen LogP contribution in [0, 0.1) is 5.92 Å². The van der Waals surface area contributed by atoms with Crippen LogP contribution in [0.15, 0.2) is 42.9 Å². The first-order valence-corrected chi connectivity index (χ1v) is 10.9. The van der Waals surface area contributed by atoms with Crippen LogP contribution in [0.5, 0.6) is 0 Å². The van der Waals surface area contributed by atoms with Crippen LogP contribution in [0.25, 0.3) is 5.52 Å². The number of pyridine rings is 2. The van der Waals surface area contributed by atoms with E-state index in [1.165, 1.54) is 32.9 Å². The van der Waals surface area contributed by atoms with Crippen LogP contribution in [0.3, 0.4) is 0 Å². The average Bonchev–Trinajstić information content (AvgIpc) is 3.45. The Morgan fingerprint density at radius 3 is 2.91 bits per heavy atom. The molecule has 1 aliphatic carbocycles. The van der Waals surface area contributed by atoms with Gasteiger partial charge in [0.15, 0.2) is 0 Å². The molecule has 170 valence electrons. The SMILES string of the molecule is CC(C)(O)C(F)CNC(=O)c1cnc(Nc2ccn3nccc3c2)cc1NCCC1CC1. The second kappa shape index (κ2) is 9.12. The number of amides is 1. The number of carbonyl (C=O) groups is 1. The van der Waals surface area contributed by atoms with Gasteiger partial charge in [0.05, 0.1) is 28.9 Å². The Labute approximate surface area is 186 Å². The maximum atomic E-state index is 14.1. The summed E-state index contributed by atoms with van der Waals surface area (Å²) in [5.74, 6) is 0.894. The van der Waals surface area contributed by atoms with Gasteiger partial charge < -0.3 is 21.1 Å². The first-order chi connectivity index (χ1) is 15.3. The lowest BCUT2D eigenvalue weighted by Crippen LogP contribution is -2.42. The van der Waals surface area contributed by atoms with Crippen LogP contribution >= 0.6 is 0 Å². The minimum Gasteiger partial charge on any atom is -0.387 e. The molecule has 1 saturated carbocycles. The van der Waals surface area contributed by atoms with E-state index >= 15 is 0 Å². The van der Waals surface area contributed by atoms with Gasteiger partial charge in [-0.05, 0) is 44.4 Å². The van der Waals surface area contributed by atoms with E-state index in [9.17, 15) is 14.3 Å². The Kier molecular flexibility index (Phi) is 6.27. The van der Waals surface area contributed by atoms with E-state index in [4.69, 9.17) is 0 Å². The number of aromatic nitrogens is 3. The average molecular weight is 441 g/mol. The van der Waals surface area contributed by atoms with Gasteiger partial charge in [-0.3, -0.25) is 4.79 Å². The number of anilines is 3. The molecule has 32 heavy (non-hydrogen) atoms. The minimum atomic E-state index is -1.58. The van der Waals surface area contributed by atoms with E-state index in [1.54, 1.807) is 16.8 Å². The lowest BCUT2D eigenvalue weighted by Gasteiger charge is -2.22. The van der Waals surface area contributed by atoms with Crippen molar-refractivity contribution in [2.75, 3.05) is 23.7 Å². The molecule has 0 radical (unpaired) electrons. The fourth-order valence-corrected chi connectivity index (χ4v) is 3.34. The highest BCUT2D eigenvalue weighted by molar-refractivity contribution is 5.99. The number of hydrogen-bond acceptors (Lipinski definition) is 6. The van der Waals surface area contributed by atoms with E-state index < -0.39 is 17.7 Å². The molecule has 0 aromatic carbocycles. The smallest absolute Gasteiger partial charge is 0.255 e. The molecule has 1 fully saturated rings. The summed E-state index contributed by atoms with van der Waals surface area (Å²) >= 11 is 0. The van der Waals surface area contributed by atoms with Gasteiger partial charge in [-0.1, -0.05) is 12.8 Å². The molecular formula is C23H29FN6O2. The number of nitrogens with zero attached hydrogens (tertiary/aromatic N) is 3. The molecule has 0 saturated heterocycles. The van der Waals surface area contributed by atoms with Crippen LogP contribution in [-0.4, -0.2) is 50.5 Å². The first-order valence-electron chi connectivity index (χ1n) is 10.9. The van der Waals surface area contributed by atoms with Gasteiger partial charge in [0, 0.05) is 36.9 Å². The molecule has 9 heteroatoms. The Bertz CT molecular complexity index is 1090. The molecule has 1 amide bonds. The van der Waals surface area contributed by atoms with Gasteiger partial charge >= 0.3 is 0 Å². The quantitative estimate of drug-likeness (QED) is 0.385. The molecule has 0 bridgehead atoms. The summed E-state index contributed by atoms with van der Waals surface area (Å²) < 4.78 is 15.8. The van der Waals surface area contributed by atoms with E-state index in [-0.39, 0.29) is 6.54 Å². The van der Waals surface area contributed by atoms with Gasteiger partial charge in [0.2, 0.25) is 0 Å². The van der Waals surface area contributed by atoms with Crippen LogP contribution < -0.4 is 16.0 Å². The molecule has 1 unspecified atom stereocenters. The molecule has 4 rings (SSSR count). The van der Waals surface area contributed by atoms with Gasteiger partial charge in [0.25, 0.3) is 5.91 Å². The summed E-state index contributed by atoms with van der Waals surface area (Å²) in [4.78, 5) is 17.1. The monoisotopic (exact) mass is 440 g/mol. The lowest BCUT2D eigenvalue weighted by atomic mass is 10.0. The lowest BCUT2D eigenvalue weighted by molar-refractivity contribution is -0.00177. The molecule has 8 nitrogen and oxygen atoms in total. The molecule has 0 aliphatic heterocycles. The molecule has 3 aromatic rings. The Morgan fingerprint density at radius 2 is 2.16 bits per heavy atom. The largest absolute Gasteiger partial charge is 0.387 e. The van der Waals surface area contributed by atoms with E-state index in [2.05, 4.69) is 26.0 Å². The molecule has 4 N–H and O–H groups in total. The van der Waals surface area contributed by atoms with Crippen molar-refractivity contribution in [2.24, 2.45) is 5.92 Å². The highest BCUT2D eigenvalue weighted by Gasteiger charge is 2.27. The second-order valence-electron chi connectivity index (χ2n) is 8.85. The third-order valence-electron chi connectivity index (χ3n) is 5.59. The molecular weight excluding hydrogens is 411 g/mol. The van der Waals surface area contributed by atoms with Crippen molar-refractivity contribution in [2.45, 2.75) is 44.9 Å². The standard InChI is InChI=1S/C23H29FN6O2/c1-23(2,32)20(24)14-27-22(31)18-13-26-21(12-19(18)25-8-5-15-3-4-15)29-16-7-10-30-17(11-16)6-9-28-30/h6-7,9-13,15,20,32H,3-5,8,14H2,1-2H3,(H,27,31)(H2,25,26,29). The Morgan fingerprint density at radius 1 is 1.34 bits per heavy atom. The number of fused-ring (bicyclic) bond motifs is 1. The zero-order valence-corrected chi connectivity index (χ0v) is 18.3. The van der Waals surface area contributed by atoms with Gasteiger partial charge in [-0.15, -0.1) is 0 Å². The van der Waals surface area contributed by atoms with Gasteiger partial charge in [-0.25, -0.2) is 13.9 Å². The van der Waals surface area contributed by atoms with Crippen molar-refractivity contribution in [3.63, 3.8) is 0 Å². The number of aliphatic hydroxyl groups is 1. The summed E-state index contributed by atoms with van der Waals surface area (Å²) in [5.41, 5.74) is 1.23. The van der Waals surface area contributed by atoms with Crippen LogP contribution in [0.1, 0.15) is 43.5 Å². The molecule has 3 heterocycles. The van der Waals surface area contributed by atoms with Crippen molar-refractivity contribution >= 4 is 28.6 Å². The predicted molar refractivity (Wildman–Crippen MR) is 122 cm³/mol. The molecule has 1 aliphatic rings. The summed E-state index contributed by atoms with van der Waals surface area (Å²) in [6.45, 7) is 3.21. The second-order valence-corrected chi connectivity index (χ2v) is 8.85. The van der Waals surface area contributed by atoms with Gasteiger partial charge in [-0.2, -0.15) is 5.10 Å². The third kappa shape index (κ3) is 5.53. The highest BCUT2D eigenvalue weighted by atomic mass is 19.1. The third-order valence-corrected chi connectivity index (χ3v) is 5.59. The number of carbonyl (C=O) groups excluding carboxylic acids is 1.